The minimum Gasteiger partial charge on any atom is -0.378 e. The minimum absolute atomic E-state index is 0.0243. The monoisotopic (exact) mass is 498 g/mol. The molecule has 3 fully saturated rings. The van der Waals surface area contributed by atoms with E-state index in [0.29, 0.717) is 19.6 Å². The molecule has 8 heteroatoms. The van der Waals surface area contributed by atoms with Gasteiger partial charge >= 0.3 is 0 Å². The fourth-order valence-corrected chi connectivity index (χ4v) is 7.97. The summed E-state index contributed by atoms with van der Waals surface area (Å²) in [6.07, 6.45) is 1.15. The number of nitrogens with one attached hydrogen (secondary N) is 1. The molecule has 5 rings (SSSR count). The normalized spacial score (nSPS) is 30.9. The highest BCUT2D eigenvalue weighted by Gasteiger charge is 2.51. The number of aryl methyl sites for hydroxylation is 1. The summed E-state index contributed by atoms with van der Waals surface area (Å²) in [6, 6.07) is 14.8. The van der Waals surface area contributed by atoms with Crippen LogP contribution in [-0.4, -0.2) is 84.7 Å². The van der Waals surface area contributed by atoms with Crippen LogP contribution in [0.4, 0.5) is 0 Å². The molecular weight excluding hydrogens is 460 g/mol. The predicted molar refractivity (Wildman–Crippen MR) is 139 cm³/mol. The fourth-order valence-electron chi connectivity index (χ4n) is 5.98. The van der Waals surface area contributed by atoms with Crippen molar-refractivity contribution < 1.29 is 13.5 Å². The van der Waals surface area contributed by atoms with E-state index in [-0.39, 0.29) is 18.1 Å². The van der Waals surface area contributed by atoms with Gasteiger partial charge in [0.2, 0.25) is 10.0 Å². The van der Waals surface area contributed by atoms with Crippen LogP contribution in [0.5, 0.6) is 0 Å². The minimum atomic E-state index is -3.49. The molecule has 3 aliphatic rings. The van der Waals surface area contributed by atoms with E-state index in [0.717, 1.165) is 30.5 Å². The van der Waals surface area contributed by atoms with Crippen molar-refractivity contribution in [3.05, 3.63) is 59.2 Å². The van der Waals surface area contributed by atoms with Gasteiger partial charge in [0.1, 0.15) is 11.6 Å². The summed E-state index contributed by atoms with van der Waals surface area (Å²) in [4.78, 5) is 4.00. The van der Waals surface area contributed by atoms with Crippen LogP contribution in [0.3, 0.4) is 0 Å². The van der Waals surface area contributed by atoms with E-state index in [2.05, 4.69) is 66.5 Å². The van der Waals surface area contributed by atoms with Crippen molar-refractivity contribution in [1.29, 1.82) is 0 Å². The van der Waals surface area contributed by atoms with E-state index in [4.69, 9.17) is 0 Å². The van der Waals surface area contributed by atoms with Crippen LogP contribution in [0.15, 0.2) is 42.5 Å². The van der Waals surface area contributed by atoms with Crippen LogP contribution in [0.2, 0.25) is 0 Å². The highest BCUT2D eigenvalue weighted by atomic mass is 32.2. The number of benzene rings is 2. The number of nitrogens with zero attached hydrogens (tertiary/aromatic N) is 3. The van der Waals surface area contributed by atoms with E-state index in [1.54, 1.807) is 4.31 Å². The van der Waals surface area contributed by atoms with Crippen LogP contribution in [0, 0.1) is 13.8 Å². The first-order chi connectivity index (χ1) is 16.7. The van der Waals surface area contributed by atoms with Gasteiger partial charge in [-0.05, 0) is 68.5 Å². The number of likely N-dealkylation sites (N-methyl/N-ethyl adjacent to an activating group) is 1. The second-order valence-corrected chi connectivity index (χ2v) is 12.5. The summed E-state index contributed by atoms with van der Waals surface area (Å²) in [5.74, 6) is -0.100. The third-order valence-corrected chi connectivity index (χ3v) is 10.8. The third kappa shape index (κ3) is 4.34. The average molecular weight is 499 g/mol. The predicted octanol–water partition coefficient (Wildman–Crippen LogP) is 2.69. The molecule has 7 nitrogen and oxygen atoms in total. The zero-order valence-corrected chi connectivity index (χ0v) is 22.0. The number of hydrogen-bond donors (Lipinski definition) is 2. The van der Waals surface area contributed by atoms with Gasteiger partial charge in [0, 0.05) is 38.1 Å². The molecule has 0 spiro atoms. The van der Waals surface area contributed by atoms with Gasteiger partial charge in [-0.2, -0.15) is 4.31 Å². The Bertz CT molecular complexity index is 1170. The van der Waals surface area contributed by atoms with E-state index < -0.39 is 21.6 Å². The summed E-state index contributed by atoms with van der Waals surface area (Å²) in [6.45, 7) is 8.47. The maximum atomic E-state index is 13.6. The van der Waals surface area contributed by atoms with Crippen LogP contribution >= 0.6 is 0 Å². The summed E-state index contributed by atoms with van der Waals surface area (Å²) >= 11 is 0. The van der Waals surface area contributed by atoms with Gasteiger partial charge in [-0.25, -0.2) is 8.42 Å². The van der Waals surface area contributed by atoms with Gasteiger partial charge in [0.25, 0.3) is 0 Å². The van der Waals surface area contributed by atoms with Crippen molar-refractivity contribution in [3.8, 4) is 11.1 Å². The molecule has 2 N–H and O–H groups in total. The lowest BCUT2D eigenvalue weighted by molar-refractivity contribution is -0.148. The van der Waals surface area contributed by atoms with Gasteiger partial charge in [0.05, 0.1) is 6.17 Å². The summed E-state index contributed by atoms with van der Waals surface area (Å²) in [5.41, 5.74) is 5.99. The number of aliphatic hydroxyl groups is 1. The molecular formula is C27H38N4O3S. The molecule has 0 bridgehead atoms. The lowest BCUT2D eigenvalue weighted by atomic mass is 9.79. The van der Waals surface area contributed by atoms with Crippen LogP contribution in [0.25, 0.3) is 11.1 Å². The Balaban J connectivity index is 1.39. The molecule has 0 saturated carbocycles. The summed E-state index contributed by atoms with van der Waals surface area (Å²) < 4.78 is 29.0. The average Bonchev–Trinajstić information content (AvgIpc) is 3.16. The lowest BCUT2D eigenvalue weighted by Gasteiger charge is -2.55. The smallest absolute Gasteiger partial charge is 0.231 e. The SMILES string of the molecule is Cc1cccc(-c2ccc([C@@H]3[C@@H](O)N4CCCCN(S(=O)(=O)C5CNC(C)N5C)C[C@@H]34)cc2)c1C. The van der Waals surface area contributed by atoms with Crippen molar-refractivity contribution in [2.45, 2.75) is 63.3 Å². The van der Waals surface area contributed by atoms with E-state index in [9.17, 15) is 13.5 Å². The van der Waals surface area contributed by atoms with Gasteiger partial charge in [-0.3, -0.25) is 15.1 Å². The van der Waals surface area contributed by atoms with Crippen LogP contribution in [0.1, 0.15) is 42.4 Å². The van der Waals surface area contributed by atoms with E-state index in [1.165, 1.54) is 16.7 Å². The first kappa shape index (κ1) is 24.9. The molecule has 0 amide bonds. The molecule has 3 aliphatic heterocycles. The number of sulfonamides is 1. The molecule has 2 unspecified atom stereocenters. The van der Waals surface area contributed by atoms with Crippen LogP contribution in [-0.2, 0) is 10.0 Å². The Hall–Kier alpha value is -1.81. The zero-order chi connectivity index (χ0) is 24.9. The fraction of sp³-hybridized carbons (Fsp3) is 0.556. The highest BCUT2D eigenvalue weighted by Crippen LogP contribution is 2.42. The Kier molecular flexibility index (Phi) is 6.80. The quantitative estimate of drug-likeness (QED) is 0.675. The van der Waals surface area contributed by atoms with Crippen molar-refractivity contribution in [2.75, 3.05) is 33.2 Å². The van der Waals surface area contributed by atoms with Gasteiger partial charge in [0.15, 0.2) is 0 Å². The first-order valence-electron chi connectivity index (χ1n) is 12.7. The van der Waals surface area contributed by atoms with Crippen molar-refractivity contribution in [2.24, 2.45) is 0 Å². The Morgan fingerprint density at radius 2 is 1.74 bits per heavy atom. The molecule has 0 aliphatic carbocycles. The molecule has 2 aromatic carbocycles. The van der Waals surface area contributed by atoms with Gasteiger partial charge in [-0.15, -0.1) is 0 Å². The number of aliphatic hydroxyl groups excluding tert-OH is 1. The number of rotatable bonds is 4. The Labute approximate surface area is 209 Å². The van der Waals surface area contributed by atoms with Crippen LogP contribution < -0.4 is 5.32 Å². The molecule has 5 atom stereocenters. The number of fused-ring (bicyclic) bond motifs is 1. The van der Waals surface area contributed by atoms with E-state index in [1.807, 2.05) is 18.9 Å². The lowest BCUT2D eigenvalue weighted by Crippen LogP contribution is -2.67. The van der Waals surface area contributed by atoms with Gasteiger partial charge < -0.3 is 5.11 Å². The second kappa shape index (κ2) is 9.57. The van der Waals surface area contributed by atoms with Crippen molar-refractivity contribution >= 4 is 10.0 Å². The van der Waals surface area contributed by atoms with Gasteiger partial charge in [-0.1, -0.05) is 42.5 Å². The molecule has 190 valence electrons. The molecule has 0 aromatic heterocycles. The topological polar surface area (TPSA) is 76.1 Å². The maximum Gasteiger partial charge on any atom is 0.231 e. The molecule has 3 heterocycles. The summed E-state index contributed by atoms with van der Waals surface area (Å²) in [5, 5.41) is 13.8. The Morgan fingerprint density at radius 3 is 2.43 bits per heavy atom. The zero-order valence-electron chi connectivity index (χ0n) is 21.2. The largest absolute Gasteiger partial charge is 0.378 e. The first-order valence-corrected chi connectivity index (χ1v) is 14.2. The highest BCUT2D eigenvalue weighted by molar-refractivity contribution is 7.89. The summed E-state index contributed by atoms with van der Waals surface area (Å²) in [7, 11) is -1.62. The molecule has 2 aromatic rings. The number of hydrogen-bond acceptors (Lipinski definition) is 6. The molecule has 3 saturated heterocycles. The third-order valence-electron chi connectivity index (χ3n) is 8.53. The Morgan fingerprint density at radius 1 is 1.03 bits per heavy atom. The second-order valence-electron chi connectivity index (χ2n) is 10.4. The van der Waals surface area contributed by atoms with E-state index >= 15 is 0 Å². The molecule has 35 heavy (non-hydrogen) atoms. The maximum absolute atomic E-state index is 13.6. The standard InChI is InChI=1S/C27H38N4O3S/c1-18-8-7-9-23(19(18)2)21-10-12-22(13-11-21)26-24-17-30(14-5-6-15-31(24)27(26)32)35(33,34)25-16-28-20(3)29(25)4/h7-13,20,24-28,32H,5-6,14-17H2,1-4H3/t20?,24-,25?,26-,27+/m0/s1. The van der Waals surface area contributed by atoms with Crippen molar-refractivity contribution in [1.82, 2.24) is 19.4 Å². The molecule has 0 radical (unpaired) electrons. The van der Waals surface area contributed by atoms with Crippen molar-refractivity contribution in [3.63, 3.8) is 0 Å².